The molecule has 0 N–H and O–H groups in total. The summed E-state index contributed by atoms with van der Waals surface area (Å²) < 4.78 is 6.57. The molecular formula is C48H98O. The third kappa shape index (κ3) is 44.0. The molecule has 0 aromatic rings. The molecule has 0 rings (SSSR count). The summed E-state index contributed by atoms with van der Waals surface area (Å²) in [6.07, 6.45) is 62.3. The second-order valence-corrected chi connectivity index (χ2v) is 16.5. The van der Waals surface area contributed by atoms with Gasteiger partial charge in [-0.05, 0) is 19.3 Å². The minimum Gasteiger partial charge on any atom is -0.378 e. The molecule has 1 nitrogen and oxygen atoms in total. The van der Waals surface area contributed by atoms with E-state index in [0.717, 1.165) is 6.61 Å². The number of hydrogen-bond acceptors (Lipinski definition) is 1. The van der Waals surface area contributed by atoms with E-state index in [0.29, 0.717) is 6.10 Å². The van der Waals surface area contributed by atoms with Gasteiger partial charge in [0.15, 0.2) is 0 Å². The Morgan fingerprint density at radius 1 is 0.224 bits per heavy atom. The summed E-state index contributed by atoms with van der Waals surface area (Å²) in [4.78, 5) is 0. The van der Waals surface area contributed by atoms with Crippen LogP contribution in [0.5, 0.6) is 0 Å². The Labute approximate surface area is 313 Å². The molecule has 0 heterocycles. The Kier molecular flexibility index (Phi) is 45.9. The average Bonchev–Trinajstić information content (AvgIpc) is 3.11. The molecule has 0 bridgehead atoms. The van der Waals surface area contributed by atoms with Gasteiger partial charge < -0.3 is 4.74 Å². The molecule has 0 aromatic carbocycles. The van der Waals surface area contributed by atoms with Gasteiger partial charge in [-0.1, -0.05) is 278 Å². The fraction of sp³-hybridized carbons (Fsp3) is 1.00. The van der Waals surface area contributed by atoms with E-state index in [1.165, 1.54) is 276 Å². The third-order valence-corrected chi connectivity index (χ3v) is 11.4. The molecule has 1 atom stereocenters. The molecular weight excluding hydrogens is 593 g/mol. The summed E-state index contributed by atoms with van der Waals surface area (Å²) in [6, 6.07) is 0. The van der Waals surface area contributed by atoms with Crippen LogP contribution in [0.1, 0.15) is 297 Å². The van der Waals surface area contributed by atoms with E-state index in [9.17, 15) is 0 Å². The van der Waals surface area contributed by atoms with Crippen LogP contribution < -0.4 is 0 Å². The Hall–Kier alpha value is -0.0400. The predicted octanol–water partition coefficient (Wildman–Crippen LogP) is 18.2. The van der Waals surface area contributed by atoms with Crippen molar-refractivity contribution in [3.8, 4) is 0 Å². The quantitative estimate of drug-likeness (QED) is 0.0578. The van der Waals surface area contributed by atoms with Gasteiger partial charge in [-0.3, -0.25) is 0 Å². The van der Waals surface area contributed by atoms with Crippen molar-refractivity contribution in [3.05, 3.63) is 0 Å². The predicted molar refractivity (Wildman–Crippen MR) is 225 cm³/mol. The maximum atomic E-state index is 6.57. The minimum atomic E-state index is 0.534. The SMILES string of the molecule is CCCCCCCCCCCCCCCCCCOC(CCCCCCCCCCCCCC)CCCCCCCCCCCCCCC. The number of rotatable bonds is 45. The van der Waals surface area contributed by atoms with Crippen LogP contribution in [0.2, 0.25) is 0 Å². The van der Waals surface area contributed by atoms with E-state index in [1.54, 1.807) is 0 Å². The smallest absolute Gasteiger partial charge is 0.0575 e. The molecule has 1 unspecified atom stereocenters. The van der Waals surface area contributed by atoms with Crippen LogP contribution in [0.4, 0.5) is 0 Å². The van der Waals surface area contributed by atoms with Gasteiger partial charge >= 0.3 is 0 Å². The highest BCUT2D eigenvalue weighted by Crippen LogP contribution is 2.20. The minimum absolute atomic E-state index is 0.534. The molecule has 0 saturated heterocycles. The zero-order valence-electron chi connectivity index (χ0n) is 35.1. The van der Waals surface area contributed by atoms with Crippen LogP contribution in [-0.4, -0.2) is 12.7 Å². The van der Waals surface area contributed by atoms with Crippen LogP contribution >= 0.6 is 0 Å². The van der Waals surface area contributed by atoms with Crippen molar-refractivity contribution in [2.24, 2.45) is 0 Å². The Bertz CT molecular complexity index is 543. The molecule has 0 aromatic heterocycles. The van der Waals surface area contributed by atoms with E-state index in [4.69, 9.17) is 4.74 Å². The number of unbranched alkanes of at least 4 members (excludes halogenated alkanes) is 38. The van der Waals surface area contributed by atoms with E-state index >= 15 is 0 Å². The van der Waals surface area contributed by atoms with Crippen LogP contribution in [0.3, 0.4) is 0 Å². The van der Waals surface area contributed by atoms with Crippen molar-refractivity contribution in [3.63, 3.8) is 0 Å². The molecule has 49 heavy (non-hydrogen) atoms. The van der Waals surface area contributed by atoms with Gasteiger partial charge in [0.2, 0.25) is 0 Å². The lowest BCUT2D eigenvalue weighted by Crippen LogP contribution is -2.14. The van der Waals surface area contributed by atoms with Crippen molar-refractivity contribution >= 4 is 0 Å². The third-order valence-electron chi connectivity index (χ3n) is 11.4. The fourth-order valence-corrected chi connectivity index (χ4v) is 7.81. The van der Waals surface area contributed by atoms with Crippen LogP contribution in [0.25, 0.3) is 0 Å². The summed E-state index contributed by atoms with van der Waals surface area (Å²) >= 11 is 0. The molecule has 0 aliphatic heterocycles. The second-order valence-electron chi connectivity index (χ2n) is 16.5. The van der Waals surface area contributed by atoms with Crippen LogP contribution in [0.15, 0.2) is 0 Å². The Morgan fingerprint density at radius 2 is 0.408 bits per heavy atom. The molecule has 0 aliphatic carbocycles. The van der Waals surface area contributed by atoms with Gasteiger partial charge in [-0.2, -0.15) is 0 Å². The summed E-state index contributed by atoms with van der Waals surface area (Å²) in [5.74, 6) is 0. The maximum Gasteiger partial charge on any atom is 0.0575 e. The van der Waals surface area contributed by atoms with Crippen molar-refractivity contribution < 1.29 is 4.74 Å². The average molecular weight is 691 g/mol. The van der Waals surface area contributed by atoms with Gasteiger partial charge in [0.25, 0.3) is 0 Å². The van der Waals surface area contributed by atoms with Crippen molar-refractivity contribution in [1.82, 2.24) is 0 Å². The molecule has 0 fully saturated rings. The number of hydrogen-bond donors (Lipinski definition) is 0. The molecule has 0 saturated carbocycles. The lowest BCUT2D eigenvalue weighted by atomic mass is 10.0. The van der Waals surface area contributed by atoms with Crippen molar-refractivity contribution in [2.45, 2.75) is 303 Å². The Balaban J connectivity index is 3.89. The molecule has 0 amide bonds. The van der Waals surface area contributed by atoms with E-state index in [2.05, 4.69) is 20.8 Å². The summed E-state index contributed by atoms with van der Waals surface area (Å²) in [5, 5.41) is 0. The van der Waals surface area contributed by atoms with Crippen molar-refractivity contribution in [1.29, 1.82) is 0 Å². The zero-order valence-corrected chi connectivity index (χ0v) is 35.1. The van der Waals surface area contributed by atoms with Gasteiger partial charge in [-0.25, -0.2) is 0 Å². The first-order valence-corrected chi connectivity index (χ1v) is 24.0. The standard InChI is InChI=1S/C48H98O/c1-4-7-10-13-16-19-22-25-26-27-29-32-35-38-41-44-47-49-48(45-42-39-36-33-30-24-21-18-15-12-9-6-3)46-43-40-37-34-31-28-23-20-17-14-11-8-5-2/h48H,4-47H2,1-3H3. The first kappa shape index (κ1) is 49.0. The highest BCUT2D eigenvalue weighted by molar-refractivity contribution is 4.61. The van der Waals surface area contributed by atoms with E-state index in [-0.39, 0.29) is 0 Å². The second kappa shape index (κ2) is 46.0. The Morgan fingerprint density at radius 3 is 0.633 bits per heavy atom. The summed E-state index contributed by atoms with van der Waals surface area (Å²) in [7, 11) is 0. The van der Waals surface area contributed by atoms with Crippen molar-refractivity contribution in [2.75, 3.05) is 6.61 Å². The summed E-state index contributed by atoms with van der Waals surface area (Å²) in [5.41, 5.74) is 0. The molecule has 296 valence electrons. The monoisotopic (exact) mass is 691 g/mol. The highest BCUT2D eigenvalue weighted by Gasteiger charge is 2.09. The van der Waals surface area contributed by atoms with E-state index in [1.807, 2.05) is 0 Å². The first-order chi connectivity index (χ1) is 24.3. The first-order valence-electron chi connectivity index (χ1n) is 24.0. The summed E-state index contributed by atoms with van der Waals surface area (Å²) in [6.45, 7) is 7.96. The maximum absolute atomic E-state index is 6.57. The van der Waals surface area contributed by atoms with Gasteiger partial charge in [0.05, 0.1) is 6.10 Å². The van der Waals surface area contributed by atoms with Crippen LogP contribution in [0, 0.1) is 0 Å². The number of ether oxygens (including phenoxy) is 1. The normalized spacial score (nSPS) is 12.3. The fourth-order valence-electron chi connectivity index (χ4n) is 7.81. The molecule has 0 spiro atoms. The molecule has 0 aliphatic rings. The van der Waals surface area contributed by atoms with E-state index < -0.39 is 0 Å². The largest absolute Gasteiger partial charge is 0.378 e. The highest BCUT2D eigenvalue weighted by atomic mass is 16.5. The van der Waals surface area contributed by atoms with Gasteiger partial charge in [0.1, 0.15) is 0 Å². The van der Waals surface area contributed by atoms with Crippen LogP contribution in [-0.2, 0) is 4.74 Å². The topological polar surface area (TPSA) is 9.23 Å². The lowest BCUT2D eigenvalue weighted by molar-refractivity contribution is 0.0357. The van der Waals surface area contributed by atoms with Gasteiger partial charge in [-0.15, -0.1) is 0 Å². The molecule has 1 heteroatoms. The lowest BCUT2D eigenvalue weighted by Gasteiger charge is -2.18. The van der Waals surface area contributed by atoms with Gasteiger partial charge in [0, 0.05) is 6.61 Å². The zero-order chi connectivity index (χ0) is 35.4. The molecule has 0 radical (unpaired) electrons.